The Balaban J connectivity index is 2.02. The van der Waals surface area contributed by atoms with E-state index >= 15 is 0 Å². The van der Waals surface area contributed by atoms with Gasteiger partial charge in [-0.05, 0) is 35.0 Å². The van der Waals surface area contributed by atoms with E-state index in [0.29, 0.717) is 17.2 Å². The number of rotatable bonds is 2. The Labute approximate surface area is 122 Å². The number of thiazole rings is 1. The van der Waals surface area contributed by atoms with Crippen molar-refractivity contribution >= 4 is 43.2 Å². The van der Waals surface area contributed by atoms with Crippen LogP contribution < -0.4 is 10.5 Å². The summed E-state index contributed by atoms with van der Waals surface area (Å²) in [6, 6.07) is 5.58. The Morgan fingerprint density at radius 3 is 2.89 bits per heavy atom. The molecule has 2 aromatic heterocycles. The number of fused-ring (bicyclic) bond motifs is 1. The van der Waals surface area contributed by atoms with Gasteiger partial charge in [0.25, 0.3) is 0 Å². The van der Waals surface area contributed by atoms with Gasteiger partial charge in [0.2, 0.25) is 0 Å². The first-order chi connectivity index (χ1) is 9.11. The van der Waals surface area contributed by atoms with Crippen LogP contribution in [-0.2, 0) is 0 Å². The van der Waals surface area contributed by atoms with Crippen LogP contribution in [0.4, 0.5) is 5.69 Å². The van der Waals surface area contributed by atoms with Crippen LogP contribution >= 0.6 is 27.3 Å². The van der Waals surface area contributed by atoms with Gasteiger partial charge < -0.3 is 10.5 Å². The van der Waals surface area contributed by atoms with Gasteiger partial charge in [-0.1, -0.05) is 0 Å². The van der Waals surface area contributed by atoms with Gasteiger partial charge in [-0.15, -0.1) is 11.3 Å². The predicted molar refractivity (Wildman–Crippen MR) is 80.8 cm³/mol. The number of nitrogens with zero attached hydrogens (tertiary/aromatic N) is 2. The molecule has 3 rings (SSSR count). The molecule has 2 heterocycles. The molecule has 2 N–H and O–H groups in total. The number of nitrogens with two attached hydrogens (primary N) is 1. The van der Waals surface area contributed by atoms with E-state index in [-0.39, 0.29) is 0 Å². The number of aryl methyl sites for hydroxylation is 1. The monoisotopic (exact) mass is 335 g/mol. The van der Waals surface area contributed by atoms with Crippen LogP contribution in [0.3, 0.4) is 0 Å². The number of hydrogen-bond donors (Lipinski definition) is 1. The van der Waals surface area contributed by atoms with E-state index in [1.807, 2.05) is 25.1 Å². The summed E-state index contributed by atoms with van der Waals surface area (Å²) in [5.74, 6) is 1.23. The Morgan fingerprint density at radius 2 is 2.11 bits per heavy atom. The lowest BCUT2D eigenvalue weighted by Gasteiger charge is -2.08. The highest BCUT2D eigenvalue weighted by Crippen LogP contribution is 2.34. The molecule has 0 unspecified atom stereocenters. The topological polar surface area (TPSA) is 61.0 Å². The van der Waals surface area contributed by atoms with Crippen LogP contribution in [0.2, 0.25) is 0 Å². The van der Waals surface area contributed by atoms with E-state index in [9.17, 15) is 0 Å². The molecule has 0 aliphatic rings. The van der Waals surface area contributed by atoms with E-state index in [1.54, 1.807) is 23.7 Å². The van der Waals surface area contributed by atoms with E-state index in [1.165, 1.54) is 0 Å². The standard InChI is InChI=1S/C13H10BrN3OS/c1-7-17-11-4-12(10(15)3-13(11)19-7)18-9-2-8(14)5-16-6-9/h2-6H,15H2,1H3. The van der Waals surface area contributed by atoms with Crippen LogP contribution in [0.1, 0.15) is 5.01 Å². The first-order valence-corrected chi connectivity index (χ1v) is 7.18. The third kappa shape index (κ3) is 2.54. The summed E-state index contributed by atoms with van der Waals surface area (Å²) < 4.78 is 7.67. The van der Waals surface area contributed by atoms with Crippen molar-refractivity contribution in [3.05, 3.63) is 40.1 Å². The Bertz CT molecular complexity index is 757. The van der Waals surface area contributed by atoms with Crippen molar-refractivity contribution in [3.8, 4) is 11.5 Å². The average molecular weight is 336 g/mol. The van der Waals surface area contributed by atoms with Crippen LogP contribution in [0.15, 0.2) is 35.1 Å². The molecule has 96 valence electrons. The van der Waals surface area contributed by atoms with Crippen molar-refractivity contribution < 1.29 is 4.74 Å². The minimum absolute atomic E-state index is 0.594. The summed E-state index contributed by atoms with van der Waals surface area (Å²) in [4.78, 5) is 8.48. The fourth-order valence-corrected chi connectivity index (χ4v) is 2.95. The lowest BCUT2D eigenvalue weighted by Crippen LogP contribution is -1.92. The number of halogens is 1. The number of ether oxygens (including phenoxy) is 1. The molecule has 0 fully saturated rings. The highest BCUT2D eigenvalue weighted by molar-refractivity contribution is 9.10. The van der Waals surface area contributed by atoms with Crippen LogP contribution in [0.5, 0.6) is 11.5 Å². The Kier molecular flexibility index (Phi) is 3.12. The molecule has 0 radical (unpaired) electrons. The van der Waals surface area contributed by atoms with Gasteiger partial charge in [-0.3, -0.25) is 4.98 Å². The first-order valence-electron chi connectivity index (χ1n) is 5.57. The average Bonchev–Trinajstić information content (AvgIpc) is 2.69. The van der Waals surface area contributed by atoms with E-state index in [4.69, 9.17) is 10.5 Å². The van der Waals surface area contributed by atoms with Gasteiger partial charge in [-0.2, -0.15) is 0 Å². The second-order valence-electron chi connectivity index (χ2n) is 4.03. The Hall–Kier alpha value is -1.66. The maximum atomic E-state index is 6.00. The number of hydrogen-bond acceptors (Lipinski definition) is 5. The largest absolute Gasteiger partial charge is 0.453 e. The second-order valence-corrected chi connectivity index (χ2v) is 6.18. The van der Waals surface area contributed by atoms with Gasteiger partial charge in [0, 0.05) is 16.7 Å². The van der Waals surface area contributed by atoms with Crippen LogP contribution in [0, 0.1) is 6.92 Å². The maximum absolute atomic E-state index is 6.00. The first kappa shape index (κ1) is 12.4. The summed E-state index contributed by atoms with van der Waals surface area (Å²) in [6.45, 7) is 1.97. The molecule has 0 bridgehead atoms. The minimum Gasteiger partial charge on any atom is -0.453 e. The number of aromatic nitrogens is 2. The number of anilines is 1. The van der Waals surface area contributed by atoms with Gasteiger partial charge in [0.05, 0.1) is 27.1 Å². The molecule has 19 heavy (non-hydrogen) atoms. The maximum Gasteiger partial charge on any atom is 0.152 e. The number of pyridine rings is 1. The molecule has 0 saturated heterocycles. The molecular weight excluding hydrogens is 326 g/mol. The summed E-state index contributed by atoms with van der Waals surface area (Å²) in [7, 11) is 0. The fourth-order valence-electron chi connectivity index (χ4n) is 1.75. The Morgan fingerprint density at radius 1 is 1.26 bits per heavy atom. The quantitative estimate of drug-likeness (QED) is 0.715. The zero-order valence-corrected chi connectivity index (χ0v) is 12.5. The van der Waals surface area contributed by atoms with Gasteiger partial charge in [0.1, 0.15) is 5.75 Å². The normalized spacial score (nSPS) is 10.8. The SMILES string of the molecule is Cc1nc2cc(Oc3cncc(Br)c3)c(N)cc2s1. The van der Waals surface area contributed by atoms with Gasteiger partial charge in [-0.25, -0.2) is 4.98 Å². The third-order valence-electron chi connectivity index (χ3n) is 2.53. The fraction of sp³-hybridized carbons (Fsp3) is 0.0769. The molecule has 0 aliphatic carbocycles. The molecular formula is C13H10BrN3OS. The lowest BCUT2D eigenvalue weighted by molar-refractivity contribution is 0.483. The van der Waals surface area contributed by atoms with E-state index in [0.717, 1.165) is 19.7 Å². The summed E-state index contributed by atoms with van der Waals surface area (Å²) >= 11 is 4.97. The third-order valence-corrected chi connectivity index (χ3v) is 3.90. The van der Waals surface area contributed by atoms with Gasteiger partial charge >= 0.3 is 0 Å². The summed E-state index contributed by atoms with van der Waals surface area (Å²) in [5, 5.41) is 1.01. The zero-order chi connectivity index (χ0) is 13.4. The van der Waals surface area contributed by atoms with E-state index in [2.05, 4.69) is 25.9 Å². The highest BCUT2D eigenvalue weighted by atomic mass is 79.9. The highest BCUT2D eigenvalue weighted by Gasteiger charge is 2.08. The number of benzene rings is 1. The van der Waals surface area contributed by atoms with Crippen molar-refractivity contribution in [1.82, 2.24) is 9.97 Å². The van der Waals surface area contributed by atoms with Crippen LogP contribution in [0.25, 0.3) is 10.2 Å². The van der Waals surface area contributed by atoms with E-state index < -0.39 is 0 Å². The number of nitrogen functional groups attached to an aromatic ring is 1. The van der Waals surface area contributed by atoms with Gasteiger partial charge in [0.15, 0.2) is 5.75 Å². The lowest BCUT2D eigenvalue weighted by atomic mass is 10.3. The van der Waals surface area contributed by atoms with Crippen molar-refractivity contribution in [2.45, 2.75) is 6.92 Å². The minimum atomic E-state index is 0.594. The smallest absolute Gasteiger partial charge is 0.152 e. The molecule has 0 saturated carbocycles. The second kappa shape index (κ2) is 4.79. The van der Waals surface area contributed by atoms with Crippen molar-refractivity contribution in [1.29, 1.82) is 0 Å². The molecule has 3 aromatic rings. The molecule has 6 heteroatoms. The van der Waals surface area contributed by atoms with Crippen molar-refractivity contribution in [2.75, 3.05) is 5.73 Å². The predicted octanol–water partition coefficient (Wildman–Crippen LogP) is 4.14. The molecule has 0 amide bonds. The summed E-state index contributed by atoms with van der Waals surface area (Å²) in [5.41, 5.74) is 7.50. The zero-order valence-electron chi connectivity index (χ0n) is 10.1. The molecule has 0 spiro atoms. The molecule has 0 aliphatic heterocycles. The van der Waals surface area contributed by atoms with Crippen LogP contribution in [-0.4, -0.2) is 9.97 Å². The molecule has 0 atom stereocenters. The molecule has 4 nitrogen and oxygen atoms in total. The van der Waals surface area contributed by atoms with Crippen molar-refractivity contribution in [2.24, 2.45) is 0 Å². The molecule has 1 aromatic carbocycles. The summed E-state index contributed by atoms with van der Waals surface area (Å²) in [6.07, 6.45) is 3.34. The van der Waals surface area contributed by atoms with Crippen molar-refractivity contribution in [3.63, 3.8) is 0 Å².